The third-order valence-corrected chi connectivity index (χ3v) is 4.39. The Morgan fingerprint density at radius 3 is 2.62 bits per heavy atom. The molecule has 1 aromatic carbocycles. The molecule has 0 saturated carbocycles. The molecule has 82 valence electrons. The first-order chi connectivity index (χ1) is 7.59. The Hall–Kier alpha value is -0.840. The standard InChI is InChI=1S/C11H6BrClO2S/c12-7-5-9(16-10(7)11(14)15)6-3-1-2-4-8(6)13/h1-5H,(H,14,15). The Morgan fingerprint density at radius 2 is 2.06 bits per heavy atom. The molecule has 0 spiro atoms. The van der Waals surface area contributed by atoms with Gasteiger partial charge in [-0.05, 0) is 28.1 Å². The van der Waals surface area contributed by atoms with Gasteiger partial charge in [-0.15, -0.1) is 11.3 Å². The third kappa shape index (κ3) is 2.14. The van der Waals surface area contributed by atoms with Gasteiger partial charge in [0, 0.05) is 19.9 Å². The smallest absolute Gasteiger partial charge is 0.347 e. The highest BCUT2D eigenvalue weighted by Gasteiger charge is 2.15. The molecule has 16 heavy (non-hydrogen) atoms. The monoisotopic (exact) mass is 316 g/mol. The van der Waals surface area contributed by atoms with Gasteiger partial charge in [-0.1, -0.05) is 29.8 Å². The van der Waals surface area contributed by atoms with Crippen LogP contribution in [0.5, 0.6) is 0 Å². The second-order valence-corrected chi connectivity index (χ2v) is 5.39. The van der Waals surface area contributed by atoms with Crippen molar-refractivity contribution >= 4 is 44.8 Å². The van der Waals surface area contributed by atoms with Gasteiger partial charge in [0.1, 0.15) is 4.88 Å². The van der Waals surface area contributed by atoms with E-state index in [0.717, 1.165) is 10.4 Å². The number of halogens is 2. The lowest BCUT2D eigenvalue weighted by Gasteiger charge is -1.98. The van der Waals surface area contributed by atoms with E-state index in [1.54, 1.807) is 12.1 Å². The van der Waals surface area contributed by atoms with Gasteiger partial charge in [-0.25, -0.2) is 4.79 Å². The molecule has 1 N–H and O–H groups in total. The van der Waals surface area contributed by atoms with Crippen molar-refractivity contribution in [3.05, 3.63) is 44.7 Å². The van der Waals surface area contributed by atoms with E-state index in [4.69, 9.17) is 16.7 Å². The predicted molar refractivity (Wildman–Crippen MR) is 69.4 cm³/mol. The molecule has 0 bridgehead atoms. The van der Waals surface area contributed by atoms with Gasteiger partial charge in [0.2, 0.25) is 0 Å². The predicted octanol–water partition coefficient (Wildman–Crippen LogP) is 4.53. The molecule has 0 radical (unpaired) electrons. The molecule has 2 aromatic rings. The summed E-state index contributed by atoms with van der Waals surface area (Å²) in [6, 6.07) is 9.13. The largest absolute Gasteiger partial charge is 0.477 e. The lowest BCUT2D eigenvalue weighted by molar-refractivity contribution is 0.0701. The summed E-state index contributed by atoms with van der Waals surface area (Å²) >= 11 is 10.5. The van der Waals surface area contributed by atoms with Gasteiger partial charge in [-0.2, -0.15) is 0 Å². The van der Waals surface area contributed by atoms with Gasteiger partial charge in [0.25, 0.3) is 0 Å². The Morgan fingerprint density at radius 1 is 1.38 bits per heavy atom. The number of carbonyl (C=O) groups is 1. The van der Waals surface area contributed by atoms with Crippen LogP contribution in [0, 0.1) is 0 Å². The van der Waals surface area contributed by atoms with Crippen LogP contribution in [0.1, 0.15) is 9.67 Å². The summed E-state index contributed by atoms with van der Waals surface area (Å²) in [7, 11) is 0. The molecule has 1 aromatic heterocycles. The molecular weight excluding hydrogens is 312 g/mol. The van der Waals surface area contributed by atoms with Gasteiger partial charge in [0.05, 0.1) is 0 Å². The van der Waals surface area contributed by atoms with Gasteiger partial charge < -0.3 is 5.11 Å². The van der Waals surface area contributed by atoms with E-state index < -0.39 is 5.97 Å². The molecule has 0 saturated heterocycles. The highest BCUT2D eigenvalue weighted by Crippen LogP contribution is 2.37. The van der Waals surface area contributed by atoms with E-state index in [-0.39, 0.29) is 4.88 Å². The second kappa shape index (κ2) is 4.57. The molecule has 5 heteroatoms. The van der Waals surface area contributed by atoms with Crippen LogP contribution in [0.3, 0.4) is 0 Å². The topological polar surface area (TPSA) is 37.3 Å². The van der Waals surface area contributed by atoms with Crippen LogP contribution in [-0.2, 0) is 0 Å². The fourth-order valence-corrected chi connectivity index (χ4v) is 3.32. The molecule has 0 aliphatic heterocycles. The van der Waals surface area contributed by atoms with Crippen molar-refractivity contribution in [1.82, 2.24) is 0 Å². The van der Waals surface area contributed by atoms with Crippen LogP contribution in [0.25, 0.3) is 10.4 Å². The molecule has 0 unspecified atom stereocenters. The zero-order valence-corrected chi connectivity index (χ0v) is 11.1. The van der Waals surface area contributed by atoms with Crippen LogP contribution in [-0.4, -0.2) is 11.1 Å². The molecule has 0 atom stereocenters. The maximum atomic E-state index is 10.9. The fraction of sp³-hybridized carbons (Fsp3) is 0. The molecule has 0 aliphatic carbocycles. The van der Waals surface area contributed by atoms with Crippen LogP contribution in [0.15, 0.2) is 34.8 Å². The Balaban J connectivity index is 2.54. The number of benzene rings is 1. The van der Waals surface area contributed by atoms with E-state index in [0.29, 0.717) is 9.50 Å². The highest BCUT2D eigenvalue weighted by molar-refractivity contribution is 9.10. The summed E-state index contributed by atoms with van der Waals surface area (Å²) in [5, 5.41) is 9.56. The molecule has 1 heterocycles. The zero-order chi connectivity index (χ0) is 11.7. The fourth-order valence-electron chi connectivity index (χ4n) is 1.31. The average Bonchev–Trinajstić information content (AvgIpc) is 2.61. The summed E-state index contributed by atoms with van der Waals surface area (Å²) in [5.41, 5.74) is 0.849. The number of hydrogen-bond donors (Lipinski definition) is 1. The minimum atomic E-state index is -0.935. The maximum Gasteiger partial charge on any atom is 0.347 e. The number of aromatic carboxylic acids is 1. The zero-order valence-electron chi connectivity index (χ0n) is 7.91. The molecule has 2 nitrogen and oxygen atoms in total. The summed E-state index contributed by atoms with van der Waals surface area (Å²) in [4.78, 5) is 12.0. The van der Waals surface area contributed by atoms with Crippen molar-refractivity contribution < 1.29 is 9.90 Å². The Kier molecular flexibility index (Phi) is 3.33. The molecule has 0 amide bonds. The molecule has 0 aliphatic rings. The van der Waals surface area contributed by atoms with Crippen LogP contribution < -0.4 is 0 Å². The van der Waals surface area contributed by atoms with Crippen molar-refractivity contribution in [1.29, 1.82) is 0 Å². The number of carboxylic acids is 1. The Labute approximate surface area is 110 Å². The van der Waals surface area contributed by atoms with Gasteiger partial charge in [-0.3, -0.25) is 0 Å². The van der Waals surface area contributed by atoms with E-state index >= 15 is 0 Å². The lowest BCUT2D eigenvalue weighted by Crippen LogP contribution is -1.91. The van der Waals surface area contributed by atoms with Crippen molar-refractivity contribution in [2.75, 3.05) is 0 Å². The average molecular weight is 318 g/mol. The van der Waals surface area contributed by atoms with E-state index in [2.05, 4.69) is 15.9 Å². The number of carboxylic acid groups (broad SMARTS) is 1. The molecular formula is C11H6BrClO2S. The summed E-state index contributed by atoms with van der Waals surface area (Å²) in [6.07, 6.45) is 0. The lowest BCUT2D eigenvalue weighted by atomic mass is 10.2. The molecule has 2 rings (SSSR count). The van der Waals surface area contributed by atoms with Gasteiger partial charge in [0.15, 0.2) is 0 Å². The number of thiophene rings is 1. The third-order valence-electron chi connectivity index (χ3n) is 2.02. The van der Waals surface area contributed by atoms with E-state index in [9.17, 15) is 4.79 Å². The van der Waals surface area contributed by atoms with E-state index in [1.165, 1.54) is 11.3 Å². The first-order valence-electron chi connectivity index (χ1n) is 4.37. The van der Waals surface area contributed by atoms with E-state index in [1.807, 2.05) is 18.2 Å². The first-order valence-corrected chi connectivity index (χ1v) is 6.36. The Bertz CT molecular complexity index is 551. The van der Waals surface area contributed by atoms with Crippen molar-refractivity contribution in [2.24, 2.45) is 0 Å². The first kappa shape index (κ1) is 11.6. The van der Waals surface area contributed by atoms with Crippen molar-refractivity contribution in [3.8, 4) is 10.4 Å². The second-order valence-electron chi connectivity index (χ2n) is 3.07. The number of rotatable bonds is 2. The van der Waals surface area contributed by atoms with Crippen LogP contribution in [0.2, 0.25) is 5.02 Å². The van der Waals surface area contributed by atoms with Crippen LogP contribution in [0.4, 0.5) is 0 Å². The van der Waals surface area contributed by atoms with Gasteiger partial charge >= 0.3 is 5.97 Å². The minimum Gasteiger partial charge on any atom is -0.477 e. The van der Waals surface area contributed by atoms with Crippen molar-refractivity contribution in [3.63, 3.8) is 0 Å². The normalized spacial score (nSPS) is 10.4. The quantitative estimate of drug-likeness (QED) is 0.883. The summed E-state index contributed by atoms with van der Waals surface area (Å²) in [5.74, 6) is -0.935. The molecule has 0 fully saturated rings. The van der Waals surface area contributed by atoms with Crippen LogP contribution >= 0.6 is 38.9 Å². The highest BCUT2D eigenvalue weighted by atomic mass is 79.9. The SMILES string of the molecule is O=C(O)c1sc(-c2ccccc2Cl)cc1Br. The summed E-state index contributed by atoms with van der Waals surface area (Å²) in [6.45, 7) is 0. The summed E-state index contributed by atoms with van der Waals surface area (Å²) < 4.78 is 0.583. The number of hydrogen-bond acceptors (Lipinski definition) is 2. The minimum absolute atomic E-state index is 0.287. The van der Waals surface area contributed by atoms with Crippen molar-refractivity contribution in [2.45, 2.75) is 0 Å². The maximum absolute atomic E-state index is 10.9.